The van der Waals surface area contributed by atoms with Crippen LogP contribution in [0.2, 0.25) is 0 Å². The Kier molecular flexibility index (Phi) is 6.86. The third-order valence-corrected chi connectivity index (χ3v) is 2.78. The van der Waals surface area contributed by atoms with Crippen LogP contribution in [-0.4, -0.2) is 24.8 Å². The number of ether oxygens (including phenoxy) is 2. The highest BCUT2D eigenvalue weighted by Gasteiger charge is 2.12. The smallest absolute Gasteiger partial charge is 0.157 e. The highest BCUT2D eigenvalue weighted by Crippen LogP contribution is 2.13. The third-order valence-electron chi connectivity index (χ3n) is 2.22. The van der Waals surface area contributed by atoms with Crippen molar-refractivity contribution in [2.24, 2.45) is 0 Å². The topological polar surface area (TPSA) is 18.5 Å². The molecule has 0 spiro atoms. The van der Waals surface area contributed by atoms with Crippen LogP contribution in [-0.2, 0) is 9.47 Å². The summed E-state index contributed by atoms with van der Waals surface area (Å²) in [5.74, 6) is 0. The molecule has 1 rings (SSSR count). The molecule has 2 nitrogen and oxygen atoms in total. The summed E-state index contributed by atoms with van der Waals surface area (Å²) < 4.78 is 10.9. The van der Waals surface area contributed by atoms with Gasteiger partial charge in [-0.3, -0.25) is 0 Å². The lowest BCUT2D eigenvalue weighted by Gasteiger charge is -2.22. The van der Waals surface area contributed by atoms with Gasteiger partial charge in [0, 0.05) is 5.33 Å². The van der Waals surface area contributed by atoms with E-state index in [1.807, 2.05) is 0 Å². The molecule has 0 aliphatic carbocycles. The van der Waals surface area contributed by atoms with E-state index in [0.717, 1.165) is 31.4 Å². The maximum absolute atomic E-state index is 5.45. The number of halogens is 1. The van der Waals surface area contributed by atoms with Gasteiger partial charge in [0.2, 0.25) is 0 Å². The minimum atomic E-state index is 0.0951. The van der Waals surface area contributed by atoms with Crippen LogP contribution in [0.3, 0.4) is 0 Å². The van der Waals surface area contributed by atoms with E-state index >= 15 is 0 Å². The highest BCUT2D eigenvalue weighted by molar-refractivity contribution is 9.09. The molecule has 0 amide bonds. The number of alkyl halides is 1. The van der Waals surface area contributed by atoms with Crippen LogP contribution >= 0.6 is 15.9 Å². The molecular formula is C10H19BrO2. The van der Waals surface area contributed by atoms with E-state index in [9.17, 15) is 0 Å². The number of hydrogen-bond acceptors (Lipinski definition) is 2. The van der Waals surface area contributed by atoms with Crippen LogP contribution < -0.4 is 0 Å². The van der Waals surface area contributed by atoms with Crippen LogP contribution in [0, 0.1) is 0 Å². The van der Waals surface area contributed by atoms with Crippen molar-refractivity contribution < 1.29 is 9.47 Å². The summed E-state index contributed by atoms with van der Waals surface area (Å²) in [6.07, 6.45) is 7.36. The molecule has 0 aromatic heterocycles. The number of hydrogen-bond donors (Lipinski definition) is 0. The normalized spacial score (nSPS) is 19.2. The number of unbranched alkanes of at least 4 members (excludes halogenated alkanes) is 3. The summed E-state index contributed by atoms with van der Waals surface area (Å²) in [6.45, 7) is 1.76. The summed E-state index contributed by atoms with van der Waals surface area (Å²) in [4.78, 5) is 0. The van der Waals surface area contributed by atoms with Crippen LogP contribution in [0.1, 0.15) is 38.5 Å². The Bertz CT molecular complexity index is 113. The van der Waals surface area contributed by atoms with E-state index in [4.69, 9.17) is 9.47 Å². The maximum atomic E-state index is 5.45. The number of rotatable bonds is 6. The lowest BCUT2D eigenvalue weighted by molar-refractivity contribution is -0.181. The van der Waals surface area contributed by atoms with Crippen LogP contribution in [0.4, 0.5) is 0 Å². The minimum absolute atomic E-state index is 0.0951. The molecule has 1 heterocycles. The van der Waals surface area contributed by atoms with Crippen LogP contribution in [0.5, 0.6) is 0 Å². The zero-order valence-corrected chi connectivity index (χ0v) is 9.72. The van der Waals surface area contributed by atoms with Gasteiger partial charge in [0.05, 0.1) is 13.2 Å². The second-order valence-electron chi connectivity index (χ2n) is 3.42. The van der Waals surface area contributed by atoms with Crippen LogP contribution in [0.15, 0.2) is 0 Å². The second-order valence-corrected chi connectivity index (χ2v) is 4.21. The Labute approximate surface area is 89.1 Å². The summed E-state index contributed by atoms with van der Waals surface area (Å²) in [7, 11) is 0. The van der Waals surface area contributed by atoms with Crippen molar-refractivity contribution in [1.29, 1.82) is 0 Å². The first-order chi connectivity index (χ1) is 6.43. The Morgan fingerprint density at radius 1 is 1.00 bits per heavy atom. The molecule has 0 aromatic carbocycles. The SMILES string of the molecule is BrCCCCCCC1OCCCO1. The monoisotopic (exact) mass is 250 g/mol. The van der Waals surface area contributed by atoms with Gasteiger partial charge in [0.15, 0.2) is 6.29 Å². The molecular weight excluding hydrogens is 232 g/mol. The van der Waals surface area contributed by atoms with Gasteiger partial charge in [-0.25, -0.2) is 0 Å². The van der Waals surface area contributed by atoms with Crippen molar-refractivity contribution in [3.05, 3.63) is 0 Å². The molecule has 0 radical (unpaired) electrons. The largest absolute Gasteiger partial charge is 0.353 e. The first kappa shape index (κ1) is 11.5. The fourth-order valence-electron chi connectivity index (χ4n) is 1.46. The summed E-state index contributed by atoms with van der Waals surface area (Å²) in [5.41, 5.74) is 0. The summed E-state index contributed by atoms with van der Waals surface area (Å²) >= 11 is 3.43. The molecule has 0 aromatic rings. The van der Waals surface area contributed by atoms with Crippen molar-refractivity contribution in [2.45, 2.75) is 44.8 Å². The molecule has 0 atom stereocenters. The molecule has 78 valence electrons. The molecule has 13 heavy (non-hydrogen) atoms. The average molecular weight is 251 g/mol. The molecule has 1 aliphatic rings. The van der Waals surface area contributed by atoms with E-state index in [2.05, 4.69) is 15.9 Å². The fraction of sp³-hybridized carbons (Fsp3) is 1.00. The fourth-order valence-corrected chi connectivity index (χ4v) is 1.86. The van der Waals surface area contributed by atoms with E-state index < -0.39 is 0 Å². The molecule has 3 heteroatoms. The first-order valence-electron chi connectivity index (χ1n) is 5.22. The van der Waals surface area contributed by atoms with E-state index in [1.165, 1.54) is 25.7 Å². The summed E-state index contributed by atoms with van der Waals surface area (Å²) in [6, 6.07) is 0. The third kappa shape index (κ3) is 5.66. The summed E-state index contributed by atoms with van der Waals surface area (Å²) in [5, 5.41) is 1.13. The molecule has 1 saturated heterocycles. The van der Waals surface area contributed by atoms with E-state index in [-0.39, 0.29) is 6.29 Å². The Hall–Kier alpha value is 0.400. The van der Waals surface area contributed by atoms with Gasteiger partial charge in [-0.2, -0.15) is 0 Å². The van der Waals surface area contributed by atoms with Gasteiger partial charge in [0.1, 0.15) is 0 Å². The molecule has 0 N–H and O–H groups in total. The van der Waals surface area contributed by atoms with Crippen molar-refractivity contribution in [3.63, 3.8) is 0 Å². The highest BCUT2D eigenvalue weighted by atomic mass is 79.9. The van der Waals surface area contributed by atoms with E-state index in [0.29, 0.717) is 0 Å². The van der Waals surface area contributed by atoms with Crippen molar-refractivity contribution in [2.75, 3.05) is 18.5 Å². The van der Waals surface area contributed by atoms with Gasteiger partial charge in [-0.1, -0.05) is 28.8 Å². The molecule has 0 saturated carbocycles. The van der Waals surface area contributed by atoms with Crippen molar-refractivity contribution >= 4 is 15.9 Å². The predicted octanol–water partition coefficient (Wildman–Crippen LogP) is 3.09. The van der Waals surface area contributed by atoms with Crippen LogP contribution in [0.25, 0.3) is 0 Å². The minimum Gasteiger partial charge on any atom is -0.353 e. The lowest BCUT2D eigenvalue weighted by Crippen LogP contribution is -2.24. The van der Waals surface area contributed by atoms with Crippen molar-refractivity contribution in [3.8, 4) is 0 Å². The van der Waals surface area contributed by atoms with Gasteiger partial charge < -0.3 is 9.47 Å². The molecule has 1 aliphatic heterocycles. The standard InChI is InChI=1S/C10H19BrO2/c11-7-4-2-1-3-6-10-12-8-5-9-13-10/h10H,1-9H2. The average Bonchev–Trinajstić information content (AvgIpc) is 2.19. The molecule has 0 bridgehead atoms. The first-order valence-corrected chi connectivity index (χ1v) is 6.35. The quantitative estimate of drug-likeness (QED) is 0.533. The second kappa shape index (κ2) is 7.77. The zero-order valence-electron chi connectivity index (χ0n) is 8.14. The van der Waals surface area contributed by atoms with Gasteiger partial charge in [-0.15, -0.1) is 0 Å². The predicted molar refractivity (Wildman–Crippen MR) is 57.2 cm³/mol. The lowest BCUT2D eigenvalue weighted by atomic mass is 10.1. The Balaban J connectivity index is 1.86. The van der Waals surface area contributed by atoms with Gasteiger partial charge in [-0.05, 0) is 25.7 Å². The van der Waals surface area contributed by atoms with Crippen molar-refractivity contribution in [1.82, 2.24) is 0 Å². The van der Waals surface area contributed by atoms with E-state index in [1.54, 1.807) is 0 Å². The van der Waals surface area contributed by atoms with Gasteiger partial charge >= 0.3 is 0 Å². The zero-order chi connectivity index (χ0) is 9.36. The maximum Gasteiger partial charge on any atom is 0.157 e. The molecule has 1 fully saturated rings. The van der Waals surface area contributed by atoms with Gasteiger partial charge in [0.25, 0.3) is 0 Å². The Morgan fingerprint density at radius 3 is 2.38 bits per heavy atom. The Morgan fingerprint density at radius 2 is 1.69 bits per heavy atom. The molecule has 0 unspecified atom stereocenters.